The highest BCUT2D eigenvalue weighted by Crippen LogP contribution is 2.25. The molecule has 0 amide bonds. The second-order valence-corrected chi connectivity index (χ2v) is 4.90. The van der Waals surface area contributed by atoms with Crippen molar-refractivity contribution in [3.8, 4) is 11.3 Å². The zero-order valence-electron chi connectivity index (χ0n) is 10.3. The van der Waals surface area contributed by atoms with Crippen molar-refractivity contribution in [2.24, 2.45) is 0 Å². The molecule has 1 aromatic carbocycles. The van der Waals surface area contributed by atoms with Crippen LogP contribution in [0.3, 0.4) is 0 Å². The zero-order valence-corrected chi connectivity index (χ0v) is 11.1. The van der Waals surface area contributed by atoms with Crippen LogP contribution in [0.25, 0.3) is 16.9 Å². The van der Waals surface area contributed by atoms with Gasteiger partial charge in [-0.05, 0) is 43.2 Å². The lowest BCUT2D eigenvalue weighted by Gasteiger charge is -2.05. The standard InChI is InChI=1S/C15H13ClN2/c1-10-5-6-12(8-11(10)2)14-9-17-15-13(16)4-3-7-18(14)15/h3-9H,1-2H3. The summed E-state index contributed by atoms with van der Waals surface area (Å²) in [6.07, 6.45) is 3.85. The number of fused-ring (bicyclic) bond motifs is 1. The summed E-state index contributed by atoms with van der Waals surface area (Å²) in [6, 6.07) is 10.2. The predicted molar refractivity (Wildman–Crippen MR) is 75.1 cm³/mol. The normalized spacial score (nSPS) is 11.1. The van der Waals surface area contributed by atoms with E-state index >= 15 is 0 Å². The third-order valence-corrected chi connectivity index (χ3v) is 3.59. The van der Waals surface area contributed by atoms with Gasteiger partial charge >= 0.3 is 0 Å². The average Bonchev–Trinajstić information content (AvgIpc) is 2.78. The summed E-state index contributed by atoms with van der Waals surface area (Å²) in [5.74, 6) is 0. The summed E-state index contributed by atoms with van der Waals surface area (Å²) in [4.78, 5) is 4.38. The van der Waals surface area contributed by atoms with Crippen LogP contribution in [0, 0.1) is 13.8 Å². The molecular weight excluding hydrogens is 244 g/mol. The van der Waals surface area contributed by atoms with Crippen molar-refractivity contribution in [2.45, 2.75) is 13.8 Å². The van der Waals surface area contributed by atoms with Gasteiger partial charge in [-0.2, -0.15) is 0 Å². The van der Waals surface area contributed by atoms with E-state index in [0.717, 1.165) is 16.9 Å². The number of aryl methyl sites for hydroxylation is 2. The van der Waals surface area contributed by atoms with Crippen LogP contribution in [-0.4, -0.2) is 9.38 Å². The highest BCUT2D eigenvalue weighted by molar-refractivity contribution is 6.33. The molecule has 0 aliphatic heterocycles. The number of pyridine rings is 1. The SMILES string of the molecule is Cc1ccc(-c2cnc3c(Cl)cccn23)cc1C. The van der Waals surface area contributed by atoms with Gasteiger partial charge in [0.1, 0.15) is 0 Å². The minimum absolute atomic E-state index is 0.674. The molecule has 0 spiro atoms. The Hall–Kier alpha value is -1.80. The first-order valence-corrected chi connectivity index (χ1v) is 6.24. The van der Waals surface area contributed by atoms with Gasteiger partial charge in [0.2, 0.25) is 0 Å². The minimum atomic E-state index is 0.674. The molecule has 3 aromatic rings. The lowest BCUT2D eigenvalue weighted by atomic mass is 10.0. The number of hydrogen-bond acceptors (Lipinski definition) is 1. The quantitative estimate of drug-likeness (QED) is 0.636. The van der Waals surface area contributed by atoms with Gasteiger partial charge in [0.25, 0.3) is 0 Å². The first kappa shape index (κ1) is 11.3. The summed E-state index contributed by atoms with van der Waals surface area (Å²) in [5, 5.41) is 0.674. The molecule has 18 heavy (non-hydrogen) atoms. The fourth-order valence-electron chi connectivity index (χ4n) is 2.09. The Bertz CT molecular complexity index is 728. The summed E-state index contributed by atoms with van der Waals surface area (Å²) in [6.45, 7) is 4.24. The molecule has 0 fully saturated rings. The van der Waals surface area contributed by atoms with Gasteiger partial charge in [0, 0.05) is 11.8 Å². The summed E-state index contributed by atoms with van der Waals surface area (Å²) >= 11 is 6.13. The van der Waals surface area contributed by atoms with E-state index in [4.69, 9.17) is 11.6 Å². The smallest absolute Gasteiger partial charge is 0.156 e. The Morgan fingerprint density at radius 1 is 1.11 bits per heavy atom. The second kappa shape index (κ2) is 4.14. The van der Waals surface area contributed by atoms with Gasteiger partial charge in [-0.25, -0.2) is 4.98 Å². The van der Waals surface area contributed by atoms with Crippen molar-refractivity contribution in [1.29, 1.82) is 0 Å². The van der Waals surface area contributed by atoms with Crippen molar-refractivity contribution in [3.63, 3.8) is 0 Å². The van der Waals surface area contributed by atoms with Gasteiger partial charge in [-0.15, -0.1) is 0 Å². The molecule has 0 atom stereocenters. The molecule has 0 saturated carbocycles. The van der Waals surface area contributed by atoms with Crippen LogP contribution in [0.2, 0.25) is 5.02 Å². The number of halogens is 1. The lowest BCUT2D eigenvalue weighted by Crippen LogP contribution is -1.89. The number of nitrogens with zero attached hydrogens (tertiary/aromatic N) is 2. The second-order valence-electron chi connectivity index (χ2n) is 4.49. The van der Waals surface area contributed by atoms with E-state index in [1.807, 2.05) is 28.9 Å². The van der Waals surface area contributed by atoms with E-state index in [9.17, 15) is 0 Å². The van der Waals surface area contributed by atoms with Crippen molar-refractivity contribution < 1.29 is 0 Å². The first-order chi connectivity index (χ1) is 8.66. The Morgan fingerprint density at radius 3 is 2.72 bits per heavy atom. The van der Waals surface area contributed by atoms with Crippen LogP contribution in [0.5, 0.6) is 0 Å². The van der Waals surface area contributed by atoms with Crippen LogP contribution < -0.4 is 0 Å². The third-order valence-electron chi connectivity index (χ3n) is 3.29. The van der Waals surface area contributed by atoms with Crippen LogP contribution in [0.4, 0.5) is 0 Å². The van der Waals surface area contributed by atoms with E-state index < -0.39 is 0 Å². The Morgan fingerprint density at radius 2 is 1.94 bits per heavy atom. The predicted octanol–water partition coefficient (Wildman–Crippen LogP) is 4.27. The van der Waals surface area contributed by atoms with E-state index in [-0.39, 0.29) is 0 Å². The van der Waals surface area contributed by atoms with E-state index in [2.05, 4.69) is 37.0 Å². The zero-order chi connectivity index (χ0) is 12.7. The molecular formula is C15H13ClN2. The molecule has 2 nitrogen and oxygen atoms in total. The third kappa shape index (κ3) is 1.70. The molecule has 0 N–H and O–H groups in total. The monoisotopic (exact) mass is 256 g/mol. The largest absolute Gasteiger partial charge is 0.298 e. The molecule has 3 rings (SSSR count). The highest BCUT2D eigenvalue weighted by Gasteiger charge is 2.08. The summed E-state index contributed by atoms with van der Waals surface area (Å²) < 4.78 is 2.02. The van der Waals surface area contributed by atoms with Gasteiger partial charge in [0.15, 0.2) is 5.65 Å². The summed E-state index contributed by atoms with van der Waals surface area (Å²) in [7, 11) is 0. The fraction of sp³-hybridized carbons (Fsp3) is 0.133. The summed E-state index contributed by atoms with van der Waals surface area (Å²) in [5.41, 5.74) is 5.60. The molecule has 0 radical (unpaired) electrons. The molecule has 2 heterocycles. The van der Waals surface area contributed by atoms with Gasteiger partial charge < -0.3 is 0 Å². The fourth-order valence-corrected chi connectivity index (χ4v) is 2.30. The Kier molecular flexibility index (Phi) is 2.60. The van der Waals surface area contributed by atoms with Crippen LogP contribution in [0.1, 0.15) is 11.1 Å². The van der Waals surface area contributed by atoms with Crippen molar-refractivity contribution >= 4 is 17.2 Å². The van der Waals surface area contributed by atoms with Crippen molar-refractivity contribution in [1.82, 2.24) is 9.38 Å². The van der Waals surface area contributed by atoms with Crippen LogP contribution >= 0.6 is 11.6 Å². The molecule has 0 aliphatic carbocycles. The topological polar surface area (TPSA) is 17.3 Å². The number of aromatic nitrogens is 2. The average molecular weight is 257 g/mol. The molecule has 90 valence electrons. The maximum absolute atomic E-state index is 6.13. The maximum atomic E-state index is 6.13. The highest BCUT2D eigenvalue weighted by atomic mass is 35.5. The minimum Gasteiger partial charge on any atom is -0.298 e. The number of benzene rings is 1. The molecule has 0 bridgehead atoms. The Balaban J connectivity index is 2.25. The lowest BCUT2D eigenvalue weighted by molar-refractivity contribution is 1.19. The molecule has 0 unspecified atom stereocenters. The Labute approximate surface area is 111 Å². The van der Waals surface area contributed by atoms with Crippen LogP contribution in [0.15, 0.2) is 42.7 Å². The van der Waals surface area contributed by atoms with Crippen LogP contribution in [-0.2, 0) is 0 Å². The van der Waals surface area contributed by atoms with E-state index in [0.29, 0.717) is 5.02 Å². The maximum Gasteiger partial charge on any atom is 0.156 e. The van der Waals surface area contributed by atoms with Crippen molar-refractivity contribution in [2.75, 3.05) is 0 Å². The van der Waals surface area contributed by atoms with E-state index in [1.165, 1.54) is 11.1 Å². The first-order valence-electron chi connectivity index (χ1n) is 5.86. The van der Waals surface area contributed by atoms with Gasteiger partial charge in [-0.1, -0.05) is 23.7 Å². The van der Waals surface area contributed by atoms with Gasteiger partial charge in [0.05, 0.1) is 16.9 Å². The molecule has 0 saturated heterocycles. The molecule has 2 aromatic heterocycles. The van der Waals surface area contributed by atoms with Gasteiger partial charge in [-0.3, -0.25) is 4.40 Å². The molecule has 0 aliphatic rings. The number of imidazole rings is 1. The molecule has 3 heteroatoms. The van der Waals surface area contributed by atoms with Crippen molar-refractivity contribution in [3.05, 3.63) is 58.9 Å². The number of rotatable bonds is 1. The number of hydrogen-bond donors (Lipinski definition) is 0. The van der Waals surface area contributed by atoms with E-state index in [1.54, 1.807) is 0 Å².